The molecule has 0 unspecified atom stereocenters. The summed E-state index contributed by atoms with van der Waals surface area (Å²) >= 11 is 0. The molecule has 0 atom stereocenters. The fraction of sp³-hybridized carbons (Fsp3) is 0.800. The summed E-state index contributed by atoms with van der Waals surface area (Å²) in [6.45, 7) is 4.99. The third-order valence-corrected chi connectivity index (χ3v) is 0.767. The van der Waals surface area contributed by atoms with Crippen molar-refractivity contribution in [1.29, 1.82) is 0 Å². The topological polar surface area (TPSA) is 0 Å². The van der Waals surface area contributed by atoms with E-state index in [1.165, 1.54) is 0 Å². The molecule has 0 rings (SSSR count). The predicted octanol–water partition coefficient (Wildman–Crippen LogP) is 3.02. The van der Waals surface area contributed by atoms with Gasteiger partial charge in [-0.15, -0.1) is 24.0 Å². The van der Waals surface area contributed by atoms with E-state index in [1.807, 2.05) is 0 Å². The fourth-order valence-electron chi connectivity index (χ4n) is 0. The van der Waals surface area contributed by atoms with Gasteiger partial charge >= 0.3 is 6.18 Å². The first-order chi connectivity index (χ1) is 3.25. The second kappa shape index (κ2) is 4.91. The first-order valence-electron chi connectivity index (χ1n) is 2.17. The zero-order valence-electron chi connectivity index (χ0n) is 5.96. The van der Waals surface area contributed by atoms with Crippen molar-refractivity contribution in [3.05, 3.63) is 6.92 Å². The minimum atomic E-state index is -4.17. The van der Waals surface area contributed by atoms with Crippen LogP contribution in [0.25, 0.3) is 0 Å². The molecule has 0 nitrogen and oxygen atoms in total. The zero-order valence-corrected chi connectivity index (χ0v) is 11.3. The van der Waals surface area contributed by atoms with E-state index in [4.69, 9.17) is 0 Å². The molecule has 0 fully saturated rings. The molecule has 0 aromatic carbocycles. The average molecular weight is 318 g/mol. The summed E-state index contributed by atoms with van der Waals surface area (Å²) in [5.74, 6) is 0. The van der Waals surface area contributed by atoms with E-state index in [1.54, 1.807) is 0 Å². The third kappa shape index (κ3) is 5.89. The van der Waals surface area contributed by atoms with E-state index < -0.39 is 11.6 Å². The van der Waals surface area contributed by atoms with Gasteiger partial charge in [-0.3, -0.25) is 0 Å². The van der Waals surface area contributed by atoms with Crippen LogP contribution in [0.15, 0.2) is 0 Å². The van der Waals surface area contributed by atoms with Crippen LogP contribution in [0.5, 0.6) is 0 Å². The second-order valence-electron chi connectivity index (χ2n) is 2.38. The van der Waals surface area contributed by atoms with Gasteiger partial charge in [0.25, 0.3) is 0 Å². The summed E-state index contributed by atoms with van der Waals surface area (Å²) in [6.07, 6.45) is -4.17. The fourth-order valence-corrected chi connectivity index (χ4v) is 0. The maximum absolute atomic E-state index is 11.5. The maximum Gasteiger partial charge on any atom is 0.367 e. The van der Waals surface area contributed by atoms with Crippen molar-refractivity contribution in [3.63, 3.8) is 0 Å². The quantitative estimate of drug-likeness (QED) is 0.366. The van der Waals surface area contributed by atoms with E-state index in [9.17, 15) is 13.2 Å². The third-order valence-electron chi connectivity index (χ3n) is 0.767. The molecule has 10 heavy (non-hydrogen) atoms. The Bertz CT molecular complexity index is 71.9. The normalized spacial score (nSPS) is 11.4. The Kier molecular flexibility index (Phi) is 8.49. The van der Waals surface area contributed by atoms with Crippen molar-refractivity contribution in [2.45, 2.75) is 20.0 Å². The minimum absolute atomic E-state index is 0. The van der Waals surface area contributed by atoms with Gasteiger partial charge < -0.3 is 6.92 Å². The Hall–Kier alpha value is 1.14. The molecule has 5 heteroatoms. The average Bonchev–Trinajstić information content (AvgIpc) is 1.25. The first kappa shape index (κ1) is 17.3. The Labute approximate surface area is 88.7 Å². The van der Waals surface area contributed by atoms with Gasteiger partial charge in [-0.2, -0.15) is 13.2 Å². The number of halogens is 4. The number of hydrogen-bond acceptors (Lipinski definition) is 0. The molecule has 0 saturated heterocycles. The molecule has 0 aliphatic carbocycles. The summed E-state index contributed by atoms with van der Waals surface area (Å²) in [5.41, 5.74) is -1.81. The van der Waals surface area contributed by atoms with Gasteiger partial charge in [-0.25, -0.2) is 0 Å². The van der Waals surface area contributed by atoms with Crippen LogP contribution in [0.2, 0.25) is 0 Å². The van der Waals surface area contributed by atoms with Crippen molar-refractivity contribution in [1.82, 2.24) is 0 Å². The summed E-state index contributed by atoms with van der Waals surface area (Å²) < 4.78 is 34.5. The summed E-state index contributed by atoms with van der Waals surface area (Å²) in [5, 5.41) is 0. The van der Waals surface area contributed by atoms with Crippen molar-refractivity contribution in [3.8, 4) is 0 Å². The van der Waals surface area contributed by atoms with Crippen LogP contribution >= 0.6 is 24.0 Å². The molecular weight excluding hydrogens is 309 g/mol. The number of hydrogen-bond donors (Lipinski definition) is 0. The largest absolute Gasteiger partial charge is 0.367 e. The van der Waals surface area contributed by atoms with E-state index in [0.29, 0.717) is 0 Å². The molecule has 0 spiro atoms. The smallest absolute Gasteiger partial charge is 0.329 e. The Morgan fingerprint density at radius 1 is 1.10 bits per heavy atom. The number of alkyl halides is 3. The molecule has 0 N–H and O–H groups in total. The Morgan fingerprint density at radius 2 is 1.20 bits per heavy atom. The standard InChI is InChI=1S/C5H8F3.HI.Zn/c1-4(2,3)5(6,7)8;;/h1H2,2-3H3;1H;/q-1;;. The van der Waals surface area contributed by atoms with Crippen LogP contribution in [0, 0.1) is 12.3 Å². The van der Waals surface area contributed by atoms with Crippen LogP contribution in [-0.2, 0) is 19.5 Å². The molecule has 0 aromatic heterocycles. The van der Waals surface area contributed by atoms with Gasteiger partial charge in [0.2, 0.25) is 0 Å². The van der Waals surface area contributed by atoms with Gasteiger partial charge in [-0.05, 0) is 0 Å². The van der Waals surface area contributed by atoms with Gasteiger partial charge in [-0.1, -0.05) is 19.3 Å². The van der Waals surface area contributed by atoms with E-state index in [-0.39, 0.29) is 43.5 Å². The van der Waals surface area contributed by atoms with E-state index in [0.717, 1.165) is 13.8 Å². The second-order valence-corrected chi connectivity index (χ2v) is 2.38. The van der Waals surface area contributed by atoms with Crippen LogP contribution in [0.4, 0.5) is 13.2 Å². The molecule has 60 valence electrons. The van der Waals surface area contributed by atoms with E-state index >= 15 is 0 Å². The molecule has 0 radical (unpaired) electrons. The van der Waals surface area contributed by atoms with Crippen LogP contribution in [0.1, 0.15) is 13.8 Å². The minimum Gasteiger partial charge on any atom is -0.329 e. The van der Waals surface area contributed by atoms with Crippen molar-refractivity contribution in [2.75, 3.05) is 0 Å². The van der Waals surface area contributed by atoms with Crippen molar-refractivity contribution in [2.24, 2.45) is 5.41 Å². The van der Waals surface area contributed by atoms with Gasteiger partial charge in [0.15, 0.2) is 0 Å². The Balaban J connectivity index is -0.000000245. The van der Waals surface area contributed by atoms with Crippen molar-refractivity contribution < 1.29 is 32.6 Å². The predicted molar refractivity (Wildman–Crippen MR) is 40.6 cm³/mol. The molecule has 0 saturated carbocycles. The van der Waals surface area contributed by atoms with Crippen LogP contribution in [0.3, 0.4) is 0 Å². The molecule has 0 aromatic rings. The van der Waals surface area contributed by atoms with Crippen LogP contribution < -0.4 is 0 Å². The maximum atomic E-state index is 11.5. The summed E-state index contributed by atoms with van der Waals surface area (Å²) in [6, 6.07) is 0. The molecule has 0 bridgehead atoms. The van der Waals surface area contributed by atoms with Crippen LogP contribution in [-0.4, -0.2) is 6.18 Å². The first-order valence-corrected chi connectivity index (χ1v) is 2.17. The molecule has 0 aliphatic rings. The monoisotopic (exact) mass is 317 g/mol. The van der Waals surface area contributed by atoms with E-state index in [2.05, 4.69) is 6.92 Å². The molecule has 0 amide bonds. The summed E-state index contributed by atoms with van der Waals surface area (Å²) in [7, 11) is 0. The number of rotatable bonds is 0. The summed E-state index contributed by atoms with van der Waals surface area (Å²) in [4.78, 5) is 0. The van der Waals surface area contributed by atoms with Gasteiger partial charge in [0, 0.05) is 19.5 Å². The SMILES string of the molecule is I.[CH2-]C(C)(C)C(F)(F)F.[Zn]. The molecule has 0 heterocycles. The molecular formula is C5H9F3IZn-. The Morgan fingerprint density at radius 3 is 1.20 bits per heavy atom. The van der Waals surface area contributed by atoms with Crippen molar-refractivity contribution >= 4 is 24.0 Å². The van der Waals surface area contributed by atoms with Gasteiger partial charge in [0.05, 0.1) is 0 Å². The van der Waals surface area contributed by atoms with Gasteiger partial charge in [0.1, 0.15) is 0 Å². The zero-order chi connectivity index (χ0) is 7.00. The molecule has 0 aliphatic heterocycles.